The highest BCUT2D eigenvalue weighted by Crippen LogP contribution is 2.15. The Labute approximate surface area is 107 Å². The average Bonchev–Trinajstić information content (AvgIpc) is 2.27. The third-order valence-corrected chi connectivity index (χ3v) is 3.68. The van der Waals surface area contributed by atoms with E-state index in [-0.39, 0.29) is 0 Å². The highest BCUT2D eigenvalue weighted by atomic mass is 79.9. The van der Waals surface area contributed by atoms with Crippen LogP contribution in [0.1, 0.15) is 19.5 Å². The molecule has 16 heavy (non-hydrogen) atoms. The van der Waals surface area contributed by atoms with Gasteiger partial charge in [0.25, 0.3) is 0 Å². The SMILES string of the molecule is CC(C)C(CBr)CN(C)Cc1ccccn1. The van der Waals surface area contributed by atoms with Crippen molar-refractivity contribution in [2.75, 3.05) is 18.9 Å². The van der Waals surface area contributed by atoms with Gasteiger partial charge in [-0.15, -0.1) is 0 Å². The van der Waals surface area contributed by atoms with Crippen molar-refractivity contribution in [2.24, 2.45) is 11.8 Å². The molecule has 2 nitrogen and oxygen atoms in total. The van der Waals surface area contributed by atoms with Crippen LogP contribution in [-0.2, 0) is 6.54 Å². The van der Waals surface area contributed by atoms with E-state index in [9.17, 15) is 0 Å². The Hall–Kier alpha value is -0.410. The Morgan fingerprint density at radius 1 is 1.38 bits per heavy atom. The minimum Gasteiger partial charge on any atom is -0.300 e. The smallest absolute Gasteiger partial charge is 0.0543 e. The summed E-state index contributed by atoms with van der Waals surface area (Å²) in [6.07, 6.45) is 1.85. The van der Waals surface area contributed by atoms with E-state index in [0.29, 0.717) is 11.8 Å². The Kier molecular flexibility index (Phi) is 5.99. The number of alkyl halides is 1. The molecule has 1 heterocycles. The van der Waals surface area contributed by atoms with Crippen molar-refractivity contribution < 1.29 is 0 Å². The van der Waals surface area contributed by atoms with Crippen LogP contribution in [0.3, 0.4) is 0 Å². The highest BCUT2D eigenvalue weighted by molar-refractivity contribution is 9.09. The highest BCUT2D eigenvalue weighted by Gasteiger charge is 2.14. The molecule has 0 radical (unpaired) electrons. The van der Waals surface area contributed by atoms with Crippen molar-refractivity contribution in [3.05, 3.63) is 30.1 Å². The molecule has 0 spiro atoms. The molecule has 0 saturated heterocycles. The van der Waals surface area contributed by atoms with Crippen LogP contribution in [-0.4, -0.2) is 28.8 Å². The van der Waals surface area contributed by atoms with Crippen LogP contribution in [0.25, 0.3) is 0 Å². The number of aromatic nitrogens is 1. The summed E-state index contributed by atoms with van der Waals surface area (Å²) < 4.78 is 0. The van der Waals surface area contributed by atoms with Gasteiger partial charge in [0.1, 0.15) is 0 Å². The van der Waals surface area contributed by atoms with Crippen molar-refractivity contribution in [2.45, 2.75) is 20.4 Å². The zero-order valence-corrected chi connectivity index (χ0v) is 11.9. The van der Waals surface area contributed by atoms with Gasteiger partial charge in [0, 0.05) is 24.6 Å². The summed E-state index contributed by atoms with van der Waals surface area (Å²) in [7, 11) is 2.16. The maximum atomic E-state index is 4.34. The zero-order chi connectivity index (χ0) is 12.0. The van der Waals surface area contributed by atoms with Crippen LogP contribution in [0.4, 0.5) is 0 Å². The number of pyridine rings is 1. The average molecular weight is 285 g/mol. The van der Waals surface area contributed by atoms with Crippen molar-refractivity contribution in [1.29, 1.82) is 0 Å². The number of nitrogens with zero attached hydrogens (tertiary/aromatic N) is 2. The lowest BCUT2D eigenvalue weighted by atomic mass is 9.97. The molecule has 90 valence electrons. The fourth-order valence-corrected chi connectivity index (χ4v) is 2.62. The molecule has 3 heteroatoms. The molecule has 1 aromatic rings. The molecule has 0 N–H and O–H groups in total. The van der Waals surface area contributed by atoms with Gasteiger partial charge in [-0.3, -0.25) is 4.98 Å². The molecule has 0 fully saturated rings. The van der Waals surface area contributed by atoms with Gasteiger partial charge < -0.3 is 4.90 Å². The lowest BCUT2D eigenvalue weighted by Crippen LogP contribution is -2.29. The van der Waals surface area contributed by atoms with Gasteiger partial charge in [0.15, 0.2) is 0 Å². The van der Waals surface area contributed by atoms with Crippen LogP contribution in [0.2, 0.25) is 0 Å². The van der Waals surface area contributed by atoms with Gasteiger partial charge in [-0.05, 0) is 31.0 Å². The van der Waals surface area contributed by atoms with Gasteiger partial charge in [-0.1, -0.05) is 35.8 Å². The second-order valence-corrected chi connectivity index (χ2v) is 5.32. The van der Waals surface area contributed by atoms with Gasteiger partial charge >= 0.3 is 0 Å². The largest absolute Gasteiger partial charge is 0.300 e. The molecular weight excluding hydrogens is 264 g/mol. The van der Waals surface area contributed by atoms with E-state index < -0.39 is 0 Å². The topological polar surface area (TPSA) is 16.1 Å². The minimum absolute atomic E-state index is 0.703. The van der Waals surface area contributed by atoms with Crippen molar-refractivity contribution >= 4 is 15.9 Å². The summed E-state index contributed by atoms with van der Waals surface area (Å²) in [6, 6.07) is 6.08. The summed E-state index contributed by atoms with van der Waals surface area (Å²) in [6.45, 7) is 6.59. The first-order valence-electron chi connectivity index (χ1n) is 5.78. The maximum Gasteiger partial charge on any atom is 0.0543 e. The first-order chi connectivity index (χ1) is 7.63. The van der Waals surface area contributed by atoms with Crippen molar-refractivity contribution in [3.8, 4) is 0 Å². The Morgan fingerprint density at radius 2 is 2.12 bits per heavy atom. The van der Waals surface area contributed by atoms with Crippen molar-refractivity contribution in [1.82, 2.24) is 9.88 Å². The summed E-state index contributed by atoms with van der Waals surface area (Å²) in [5.41, 5.74) is 1.14. The van der Waals surface area contributed by atoms with Crippen LogP contribution >= 0.6 is 15.9 Å². The first-order valence-corrected chi connectivity index (χ1v) is 6.90. The first kappa shape index (κ1) is 13.7. The fraction of sp³-hybridized carbons (Fsp3) is 0.615. The standard InChI is InChI=1S/C13H21BrN2/c1-11(2)12(8-14)9-16(3)10-13-6-4-5-7-15-13/h4-7,11-12H,8-10H2,1-3H3. The molecule has 0 saturated carbocycles. The van der Waals surface area contributed by atoms with E-state index in [4.69, 9.17) is 0 Å². The predicted octanol–water partition coefficient (Wildman–Crippen LogP) is 3.18. The second-order valence-electron chi connectivity index (χ2n) is 4.68. The van der Waals surface area contributed by atoms with Crippen LogP contribution < -0.4 is 0 Å². The van der Waals surface area contributed by atoms with E-state index in [1.54, 1.807) is 0 Å². The number of hydrogen-bond acceptors (Lipinski definition) is 2. The van der Waals surface area contributed by atoms with E-state index in [2.05, 4.69) is 52.8 Å². The van der Waals surface area contributed by atoms with Crippen LogP contribution in [0.15, 0.2) is 24.4 Å². The van der Waals surface area contributed by atoms with Gasteiger partial charge in [-0.25, -0.2) is 0 Å². The maximum absolute atomic E-state index is 4.34. The molecule has 1 aromatic heterocycles. The summed E-state index contributed by atoms with van der Waals surface area (Å²) in [5, 5.41) is 1.07. The van der Waals surface area contributed by atoms with Gasteiger partial charge in [0.2, 0.25) is 0 Å². The Bertz CT molecular complexity index is 287. The van der Waals surface area contributed by atoms with Crippen LogP contribution in [0.5, 0.6) is 0 Å². The van der Waals surface area contributed by atoms with Crippen LogP contribution in [0, 0.1) is 11.8 Å². The predicted molar refractivity (Wildman–Crippen MR) is 72.7 cm³/mol. The third-order valence-electron chi connectivity index (χ3n) is 2.85. The second kappa shape index (κ2) is 7.02. The lowest BCUT2D eigenvalue weighted by molar-refractivity contribution is 0.245. The lowest BCUT2D eigenvalue weighted by Gasteiger charge is -2.25. The van der Waals surface area contributed by atoms with Crippen molar-refractivity contribution in [3.63, 3.8) is 0 Å². The molecule has 1 atom stereocenters. The monoisotopic (exact) mass is 284 g/mol. The summed E-state index contributed by atoms with van der Waals surface area (Å²) in [4.78, 5) is 6.68. The summed E-state index contributed by atoms with van der Waals surface area (Å²) >= 11 is 3.59. The van der Waals surface area contributed by atoms with E-state index in [1.165, 1.54) is 0 Å². The quantitative estimate of drug-likeness (QED) is 0.746. The Balaban J connectivity index is 2.44. The van der Waals surface area contributed by atoms with Gasteiger partial charge in [-0.2, -0.15) is 0 Å². The van der Waals surface area contributed by atoms with Gasteiger partial charge in [0.05, 0.1) is 5.69 Å². The third kappa shape index (κ3) is 4.62. The molecule has 0 bridgehead atoms. The molecule has 0 amide bonds. The fourth-order valence-electron chi connectivity index (χ4n) is 1.67. The normalized spacial score (nSPS) is 13.4. The molecule has 0 aromatic carbocycles. The zero-order valence-electron chi connectivity index (χ0n) is 10.4. The summed E-state index contributed by atoms with van der Waals surface area (Å²) in [5.74, 6) is 1.42. The molecule has 0 aliphatic carbocycles. The Morgan fingerprint density at radius 3 is 2.62 bits per heavy atom. The van der Waals surface area contributed by atoms with E-state index in [1.807, 2.05) is 18.3 Å². The molecular formula is C13H21BrN2. The van der Waals surface area contributed by atoms with E-state index in [0.717, 1.165) is 24.1 Å². The molecule has 1 rings (SSSR count). The number of rotatable bonds is 6. The molecule has 1 unspecified atom stereocenters. The molecule has 0 aliphatic heterocycles. The number of hydrogen-bond donors (Lipinski definition) is 0. The number of halogens is 1. The van der Waals surface area contributed by atoms with E-state index >= 15 is 0 Å². The minimum atomic E-state index is 0.703. The molecule has 0 aliphatic rings.